The molecule has 0 aliphatic rings. The highest BCUT2D eigenvalue weighted by atomic mass is 35.5. The van der Waals surface area contributed by atoms with Gasteiger partial charge in [0.1, 0.15) is 5.82 Å². The van der Waals surface area contributed by atoms with Gasteiger partial charge in [-0.05, 0) is 25.5 Å². The van der Waals surface area contributed by atoms with Crippen LogP contribution in [0.2, 0.25) is 10.0 Å². The number of alkyl halides is 1. The number of hydrogen-bond acceptors (Lipinski definition) is 1. The number of benzene rings is 1. The Morgan fingerprint density at radius 1 is 1.29 bits per heavy atom. The lowest BCUT2D eigenvalue weighted by Crippen LogP contribution is -2.03. The molecule has 2 rings (SSSR count). The highest BCUT2D eigenvalue weighted by molar-refractivity contribution is 6.42. The SMILES string of the molecule is CCCn1c(C(C)Cl)nc2cc(Cl)c(Cl)cc21. The number of fused-ring (bicyclic) bond motifs is 1. The van der Waals surface area contributed by atoms with E-state index in [2.05, 4.69) is 16.5 Å². The Hall–Kier alpha value is -0.440. The van der Waals surface area contributed by atoms with Crippen molar-refractivity contribution in [1.82, 2.24) is 9.55 Å². The van der Waals surface area contributed by atoms with Crippen molar-refractivity contribution in [3.8, 4) is 0 Å². The molecule has 17 heavy (non-hydrogen) atoms. The maximum absolute atomic E-state index is 6.15. The summed E-state index contributed by atoms with van der Waals surface area (Å²) < 4.78 is 2.11. The standard InChI is InChI=1S/C12H13Cl3N2/c1-3-4-17-11-6-9(15)8(14)5-10(11)16-12(17)7(2)13/h5-7H,3-4H2,1-2H3. The van der Waals surface area contributed by atoms with Gasteiger partial charge in [0.15, 0.2) is 0 Å². The van der Waals surface area contributed by atoms with Crippen LogP contribution in [0.1, 0.15) is 31.5 Å². The number of imidazole rings is 1. The number of aryl methyl sites for hydroxylation is 1. The van der Waals surface area contributed by atoms with Crippen LogP contribution in [0.15, 0.2) is 12.1 Å². The summed E-state index contributed by atoms with van der Waals surface area (Å²) in [5.74, 6) is 0.863. The van der Waals surface area contributed by atoms with E-state index in [0.29, 0.717) is 10.0 Å². The summed E-state index contributed by atoms with van der Waals surface area (Å²) in [4.78, 5) is 4.52. The van der Waals surface area contributed by atoms with Gasteiger partial charge in [-0.3, -0.25) is 0 Å². The molecule has 92 valence electrons. The van der Waals surface area contributed by atoms with Gasteiger partial charge in [-0.1, -0.05) is 30.1 Å². The second-order valence-corrected chi connectivity index (χ2v) is 5.46. The lowest BCUT2D eigenvalue weighted by Gasteiger charge is -2.08. The van der Waals surface area contributed by atoms with Crippen LogP contribution in [0.3, 0.4) is 0 Å². The number of rotatable bonds is 3. The summed E-state index contributed by atoms with van der Waals surface area (Å²) in [7, 11) is 0. The van der Waals surface area contributed by atoms with Gasteiger partial charge in [0.25, 0.3) is 0 Å². The number of nitrogens with zero attached hydrogens (tertiary/aromatic N) is 2. The van der Waals surface area contributed by atoms with E-state index in [1.54, 1.807) is 6.07 Å². The average Bonchev–Trinajstić information content (AvgIpc) is 2.59. The van der Waals surface area contributed by atoms with Crippen molar-refractivity contribution in [2.45, 2.75) is 32.2 Å². The van der Waals surface area contributed by atoms with Crippen LogP contribution in [0.5, 0.6) is 0 Å². The number of halogens is 3. The summed E-state index contributed by atoms with van der Waals surface area (Å²) in [5.41, 5.74) is 1.83. The zero-order valence-electron chi connectivity index (χ0n) is 9.67. The van der Waals surface area contributed by atoms with Gasteiger partial charge >= 0.3 is 0 Å². The molecule has 0 saturated heterocycles. The van der Waals surface area contributed by atoms with Crippen LogP contribution in [0.4, 0.5) is 0 Å². The molecule has 2 nitrogen and oxygen atoms in total. The van der Waals surface area contributed by atoms with Gasteiger partial charge in [-0.2, -0.15) is 0 Å². The monoisotopic (exact) mass is 290 g/mol. The Labute approximate surface area is 115 Å². The first-order valence-electron chi connectivity index (χ1n) is 5.53. The average molecular weight is 292 g/mol. The third-order valence-electron chi connectivity index (χ3n) is 2.62. The molecule has 0 aliphatic heterocycles. The molecular formula is C12H13Cl3N2. The van der Waals surface area contributed by atoms with E-state index in [-0.39, 0.29) is 5.38 Å². The van der Waals surface area contributed by atoms with Crippen LogP contribution in [0.25, 0.3) is 11.0 Å². The quantitative estimate of drug-likeness (QED) is 0.723. The fourth-order valence-electron chi connectivity index (χ4n) is 1.90. The van der Waals surface area contributed by atoms with E-state index >= 15 is 0 Å². The molecule has 2 aromatic rings. The molecule has 1 heterocycles. The van der Waals surface area contributed by atoms with Crippen molar-refractivity contribution in [2.24, 2.45) is 0 Å². The zero-order chi connectivity index (χ0) is 12.6. The van der Waals surface area contributed by atoms with Crippen molar-refractivity contribution >= 4 is 45.8 Å². The summed E-state index contributed by atoms with van der Waals surface area (Å²) in [6, 6.07) is 3.64. The predicted molar refractivity (Wildman–Crippen MR) is 74.3 cm³/mol. The third kappa shape index (κ3) is 2.40. The molecule has 1 unspecified atom stereocenters. The van der Waals surface area contributed by atoms with E-state index in [1.165, 1.54) is 0 Å². The first-order chi connectivity index (χ1) is 8.04. The van der Waals surface area contributed by atoms with Gasteiger partial charge in [0, 0.05) is 6.54 Å². The maximum atomic E-state index is 6.15. The molecule has 5 heteroatoms. The number of aromatic nitrogens is 2. The Morgan fingerprint density at radius 3 is 2.53 bits per heavy atom. The molecule has 0 radical (unpaired) electrons. The van der Waals surface area contributed by atoms with E-state index in [1.807, 2.05) is 13.0 Å². The maximum Gasteiger partial charge on any atom is 0.127 e. The van der Waals surface area contributed by atoms with E-state index in [0.717, 1.165) is 29.8 Å². The molecule has 0 spiro atoms. The second-order valence-electron chi connectivity index (χ2n) is 3.99. The molecule has 0 aliphatic carbocycles. The van der Waals surface area contributed by atoms with E-state index in [9.17, 15) is 0 Å². The molecule has 0 amide bonds. The van der Waals surface area contributed by atoms with Crippen LogP contribution in [0, 0.1) is 0 Å². The van der Waals surface area contributed by atoms with Crippen LogP contribution in [-0.4, -0.2) is 9.55 Å². The zero-order valence-corrected chi connectivity index (χ0v) is 11.9. The van der Waals surface area contributed by atoms with Crippen LogP contribution in [-0.2, 0) is 6.54 Å². The summed E-state index contributed by atoms with van der Waals surface area (Å²) in [5, 5.41) is 0.936. The lowest BCUT2D eigenvalue weighted by molar-refractivity contribution is 0.654. The summed E-state index contributed by atoms with van der Waals surface area (Å²) in [6.07, 6.45) is 1.02. The highest BCUT2D eigenvalue weighted by Gasteiger charge is 2.15. The van der Waals surface area contributed by atoms with E-state index < -0.39 is 0 Å². The topological polar surface area (TPSA) is 17.8 Å². The molecule has 0 bridgehead atoms. The van der Waals surface area contributed by atoms with Gasteiger partial charge in [-0.25, -0.2) is 4.98 Å². The predicted octanol–water partition coefficient (Wildman–Crippen LogP) is 5.05. The summed E-state index contributed by atoms with van der Waals surface area (Å²) >= 11 is 18.2. The Morgan fingerprint density at radius 2 is 1.94 bits per heavy atom. The highest BCUT2D eigenvalue weighted by Crippen LogP contribution is 2.31. The molecule has 1 atom stereocenters. The molecule has 0 N–H and O–H groups in total. The van der Waals surface area contributed by atoms with Gasteiger partial charge in [-0.15, -0.1) is 11.6 Å². The molecule has 1 aromatic heterocycles. The first kappa shape index (κ1) is 13.0. The third-order valence-corrected chi connectivity index (χ3v) is 3.54. The van der Waals surface area contributed by atoms with Gasteiger partial charge in [0.2, 0.25) is 0 Å². The van der Waals surface area contributed by atoms with Crippen molar-refractivity contribution < 1.29 is 0 Å². The van der Waals surface area contributed by atoms with Crippen LogP contribution < -0.4 is 0 Å². The minimum Gasteiger partial charge on any atom is -0.327 e. The Kier molecular flexibility index (Phi) is 3.86. The van der Waals surface area contributed by atoms with Crippen LogP contribution >= 0.6 is 34.8 Å². The minimum absolute atomic E-state index is 0.133. The molecular weight excluding hydrogens is 279 g/mol. The Bertz CT molecular complexity index is 546. The largest absolute Gasteiger partial charge is 0.327 e. The normalized spacial score (nSPS) is 13.2. The number of hydrogen-bond donors (Lipinski definition) is 0. The van der Waals surface area contributed by atoms with Crippen molar-refractivity contribution in [2.75, 3.05) is 0 Å². The molecule has 1 aromatic carbocycles. The first-order valence-corrected chi connectivity index (χ1v) is 6.73. The van der Waals surface area contributed by atoms with Crippen molar-refractivity contribution in [1.29, 1.82) is 0 Å². The van der Waals surface area contributed by atoms with Crippen molar-refractivity contribution in [3.05, 3.63) is 28.0 Å². The van der Waals surface area contributed by atoms with Gasteiger partial charge in [0.05, 0.1) is 26.5 Å². The fourth-order valence-corrected chi connectivity index (χ4v) is 2.38. The second kappa shape index (κ2) is 5.05. The van der Waals surface area contributed by atoms with E-state index in [4.69, 9.17) is 34.8 Å². The smallest absolute Gasteiger partial charge is 0.127 e. The molecule has 0 fully saturated rings. The fraction of sp³-hybridized carbons (Fsp3) is 0.417. The molecule has 0 saturated carbocycles. The van der Waals surface area contributed by atoms with Gasteiger partial charge < -0.3 is 4.57 Å². The minimum atomic E-state index is -0.133. The van der Waals surface area contributed by atoms with Crippen molar-refractivity contribution in [3.63, 3.8) is 0 Å². The Balaban J connectivity index is 2.71. The lowest BCUT2D eigenvalue weighted by atomic mass is 10.3. The summed E-state index contributed by atoms with van der Waals surface area (Å²) in [6.45, 7) is 4.91.